The second-order valence-corrected chi connectivity index (χ2v) is 12.0. The van der Waals surface area contributed by atoms with Gasteiger partial charge < -0.3 is 5.32 Å². The molecule has 4 aromatic rings. The molecule has 8 nitrogen and oxygen atoms in total. The normalized spacial score (nSPS) is 19.9. The highest BCUT2D eigenvalue weighted by molar-refractivity contribution is 8.00. The first-order chi connectivity index (χ1) is 20.0. The van der Waals surface area contributed by atoms with E-state index in [0.717, 1.165) is 40.8 Å². The minimum absolute atomic E-state index is 0.325. The van der Waals surface area contributed by atoms with Gasteiger partial charge >= 0.3 is 11.0 Å². The predicted octanol–water partition coefficient (Wildman–Crippen LogP) is 5.07. The number of para-hydroxylation sites is 1. The van der Waals surface area contributed by atoms with E-state index in [2.05, 4.69) is 10.3 Å². The lowest BCUT2D eigenvalue weighted by molar-refractivity contribution is -0.137. The number of fused-ring (bicyclic) bond motifs is 2. The van der Waals surface area contributed by atoms with Crippen molar-refractivity contribution in [3.05, 3.63) is 104 Å². The van der Waals surface area contributed by atoms with Gasteiger partial charge in [-0.25, -0.2) is 4.90 Å². The molecule has 214 valence electrons. The van der Waals surface area contributed by atoms with Crippen LogP contribution in [0.25, 0.3) is 0 Å². The lowest BCUT2D eigenvalue weighted by Crippen LogP contribution is -2.33. The van der Waals surface area contributed by atoms with Crippen LogP contribution in [0.15, 0.2) is 82.9 Å². The van der Waals surface area contributed by atoms with E-state index in [9.17, 15) is 32.3 Å². The number of thiazole rings is 1. The van der Waals surface area contributed by atoms with Gasteiger partial charge in [0.2, 0.25) is 17.7 Å². The van der Waals surface area contributed by atoms with Crippen molar-refractivity contribution in [2.75, 3.05) is 10.2 Å². The molecule has 0 saturated carbocycles. The van der Waals surface area contributed by atoms with Crippen LogP contribution in [-0.4, -0.2) is 32.5 Å². The summed E-state index contributed by atoms with van der Waals surface area (Å²) in [5.74, 6) is -4.01. The molecule has 0 radical (unpaired) electrons. The molecule has 0 bridgehead atoms. The molecule has 2 aliphatic rings. The number of hydrogen-bond acceptors (Lipinski definition) is 7. The minimum Gasteiger partial charge on any atom is -0.325 e. The predicted molar refractivity (Wildman–Crippen MR) is 152 cm³/mol. The van der Waals surface area contributed by atoms with Gasteiger partial charge in [0.15, 0.2) is 0 Å². The quantitative estimate of drug-likeness (QED) is 0.317. The Bertz CT molecular complexity index is 1770. The molecule has 4 heterocycles. The number of hydrogen-bond donors (Lipinski definition) is 1. The summed E-state index contributed by atoms with van der Waals surface area (Å²) in [5.41, 5.74) is 0.426. The van der Waals surface area contributed by atoms with Crippen LogP contribution < -0.4 is 15.1 Å². The van der Waals surface area contributed by atoms with Crippen molar-refractivity contribution in [2.45, 2.75) is 35.8 Å². The molecule has 2 aromatic heterocycles. The second kappa shape index (κ2) is 10.6. The van der Waals surface area contributed by atoms with E-state index >= 15 is 0 Å². The lowest BCUT2D eigenvalue weighted by Gasteiger charge is -2.30. The molecule has 1 N–H and O–H groups in total. The molecule has 2 aromatic carbocycles. The molecule has 2 aliphatic heterocycles. The highest BCUT2D eigenvalue weighted by Crippen LogP contribution is 2.54. The zero-order chi connectivity index (χ0) is 29.8. The fraction of sp³-hybridized carbons (Fsp3) is 0.207. The van der Waals surface area contributed by atoms with Crippen molar-refractivity contribution < 1.29 is 27.6 Å². The smallest absolute Gasteiger partial charge is 0.325 e. The summed E-state index contributed by atoms with van der Waals surface area (Å²) in [5, 5.41) is 1.94. The first-order valence-electron chi connectivity index (χ1n) is 12.7. The molecule has 3 atom stereocenters. The Morgan fingerprint density at radius 1 is 1.00 bits per heavy atom. The fourth-order valence-corrected chi connectivity index (χ4v) is 8.07. The number of halogens is 3. The van der Waals surface area contributed by atoms with E-state index in [1.54, 1.807) is 24.3 Å². The standard InChI is InChI=1S/C29H21F3N4O4S2/c1-15-8-10-17(11-9-15)34-20(37)14-35-27-24(42-28(35)40)21(16-5-4-12-33-13-16)22-23(41-27)26(39)36(25(22)38)19-7-3-2-6-18(19)29(30,31)32/h2-13,21-23H,14H2,1H3,(H,34,37). The molecule has 1 fully saturated rings. The summed E-state index contributed by atoms with van der Waals surface area (Å²) >= 11 is 1.77. The number of carbonyl (C=O) groups is 3. The summed E-state index contributed by atoms with van der Waals surface area (Å²) in [6, 6.07) is 14.9. The van der Waals surface area contributed by atoms with E-state index in [0.29, 0.717) is 26.1 Å². The number of nitrogens with one attached hydrogen (secondary N) is 1. The summed E-state index contributed by atoms with van der Waals surface area (Å²) < 4.78 is 42.9. The van der Waals surface area contributed by atoms with E-state index in [-0.39, 0.29) is 6.54 Å². The van der Waals surface area contributed by atoms with Crippen molar-refractivity contribution in [3.8, 4) is 0 Å². The lowest BCUT2D eigenvalue weighted by atomic mass is 9.84. The molecular formula is C29H21F3N4O4S2. The third-order valence-corrected chi connectivity index (χ3v) is 9.78. The molecule has 3 unspecified atom stereocenters. The van der Waals surface area contributed by atoms with E-state index in [1.807, 2.05) is 19.1 Å². The zero-order valence-electron chi connectivity index (χ0n) is 21.8. The molecular weight excluding hydrogens is 589 g/mol. The van der Waals surface area contributed by atoms with Gasteiger partial charge in [-0.3, -0.25) is 28.7 Å². The number of alkyl halides is 3. The first kappa shape index (κ1) is 27.9. The summed E-state index contributed by atoms with van der Waals surface area (Å²) in [6.07, 6.45) is -1.77. The Labute approximate surface area is 245 Å². The van der Waals surface area contributed by atoms with Crippen molar-refractivity contribution in [1.82, 2.24) is 9.55 Å². The highest BCUT2D eigenvalue weighted by atomic mass is 32.2. The maximum Gasteiger partial charge on any atom is 0.418 e. The van der Waals surface area contributed by atoms with Gasteiger partial charge in [-0.05, 0) is 42.8 Å². The van der Waals surface area contributed by atoms with Crippen molar-refractivity contribution >= 4 is 52.2 Å². The van der Waals surface area contributed by atoms with Crippen LogP contribution in [0.3, 0.4) is 0 Å². The van der Waals surface area contributed by atoms with Crippen LogP contribution in [0.1, 0.15) is 27.5 Å². The third-order valence-electron chi connectivity index (χ3n) is 7.18. The number of aryl methyl sites for hydroxylation is 1. The summed E-state index contributed by atoms with van der Waals surface area (Å²) in [6.45, 7) is 1.55. The second-order valence-electron chi connectivity index (χ2n) is 9.89. The zero-order valence-corrected chi connectivity index (χ0v) is 23.4. The Kier molecular flexibility index (Phi) is 7.01. The van der Waals surface area contributed by atoms with Gasteiger partial charge in [0.25, 0.3) is 0 Å². The van der Waals surface area contributed by atoms with Crippen molar-refractivity contribution in [2.24, 2.45) is 5.92 Å². The maximum atomic E-state index is 13.9. The number of thioether (sulfide) groups is 1. The Balaban J connectivity index is 1.41. The Morgan fingerprint density at radius 2 is 1.74 bits per heavy atom. The number of nitrogens with zero attached hydrogens (tertiary/aromatic N) is 3. The van der Waals surface area contributed by atoms with Gasteiger partial charge in [-0.15, -0.1) is 0 Å². The van der Waals surface area contributed by atoms with Crippen LogP contribution in [-0.2, 0) is 27.1 Å². The minimum atomic E-state index is -4.80. The van der Waals surface area contributed by atoms with Gasteiger partial charge in [0, 0.05) is 28.9 Å². The fourth-order valence-electron chi connectivity index (χ4n) is 5.30. The van der Waals surface area contributed by atoms with Gasteiger partial charge in [0.05, 0.1) is 22.2 Å². The Morgan fingerprint density at radius 3 is 2.43 bits per heavy atom. The molecule has 3 amide bonds. The first-order valence-corrected chi connectivity index (χ1v) is 14.4. The number of pyridine rings is 1. The van der Waals surface area contributed by atoms with Crippen molar-refractivity contribution in [1.29, 1.82) is 0 Å². The maximum absolute atomic E-state index is 13.9. The van der Waals surface area contributed by atoms with Crippen LogP contribution in [0, 0.1) is 12.8 Å². The van der Waals surface area contributed by atoms with Gasteiger partial charge in [-0.1, -0.05) is 59.0 Å². The SMILES string of the molecule is Cc1ccc(NC(=O)Cn2c3c(sc2=O)C(c2cccnc2)C2C(=O)N(c4ccccc4C(F)(F)F)C(=O)C2S3)cc1. The summed E-state index contributed by atoms with van der Waals surface area (Å²) in [4.78, 5) is 58.5. The van der Waals surface area contributed by atoms with Crippen LogP contribution >= 0.6 is 23.1 Å². The van der Waals surface area contributed by atoms with Crippen LogP contribution in [0.2, 0.25) is 0 Å². The largest absolute Gasteiger partial charge is 0.418 e. The molecule has 1 saturated heterocycles. The Hall–Kier alpha value is -4.23. The molecule has 0 spiro atoms. The molecule has 0 aliphatic carbocycles. The third kappa shape index (κ3) is 4.81. The molecule has 13 heteroatoms. The topological polar surface area (TPSA) is 101 Å². The number of amides is 3. The number of rotatable bonds is 5. The number of benzene rings is 2. The average molecular weight is 611 g/mol. The molecule has 42 heavy (non-hydrogen) atoms. The molecule has 6 rings (SSSR count). The number of carbonyl (C=O) groups excluding carboxylic acids is 3. The monoisotopic (exact) mass is 610 g/mol. The number of aromatic nitrogens is 2. The van der Waals surface area contributed by atoms with Crippen LogP contribution in [0.5, 0.6) is 0 Å². The average Bonchev–Trinajstić information content (AvgIpc) is 3.40. The summed E-state index contributed by atoms with van der Waals surface area (Å²) in [7, 11) is 0. The highest BCUT2D eigenvalue weighted by Gasteiger charge is 2.57. The number of imide groups is 1. The van der Waals surface area contributed by atoms with E-state index in [4.69, 9.17) is 0 Å². The van der Waals surface area contributed by atoms with Crippen LogP contribution in [0.4, 0.5) is 24.5 Å². The van der Waals surface area contributed by atoms with E-state index in [1.165, 1.54) is 29.1 Å². The van der Waals surface area contributed by atoms with E-state index < -0.39 is 57.1 Å². The van der Waals surface area contributed by atoms with Gasteiger partial charge in [-0.2, -0.15) is 13.2 Å². The van der Waals surface area contributed by atoms with Gasteiger partial charge in [0.1, 0.15) is 11.8 Å². The van der Waals surface area contributed by atoms with Crippen molar-refractivity contribution in [3.63, 3.8) is 0 Å². The number of anilines is 2.